The number of fused-ring (bicyclic) bond motifs is 3. The van der Waals surface area contributed by atoms with Crippen molar-refractivity contribution in [2.45, 2.75) is 38.5 Å². The van der Waals surface area contributed by atoms with Crippen molar-refractivity contribution in [3.8, 4) is 0 Å². The number of amides is 1. The van der Waals surface area contributed by atoms with E-state index in [9.17, 15) is 4.79 Å². The van der Waals surface area contributed by atoms with Gasteiger partial charge in [-0.3, -0.25) is 4.79 Å². The fraction of sp³-hybridized carbons (Fsp3) is 0.611. The molecule has 3 heterocycles. The highest BCUT2D eigenvalue weighted by Gasteiger charge is 2.34. The maximum Gasteiger partial charge on any atom is 0.225 e. The molecule has 2 aromatic rings. The number of anilines is 1. The fourth-order valence-electron chi connectivity index (χ4n) is 4.09. The van der Waals surface area contributed by atoms with Gasteiger partial charge in [0, 0.05) is 37.0 Å². The molecule has 2 aromatic heterocycles. The van der Waals surface area contributed by atoms with Crippen molar-refractivity contribution in [1.82, 2.24) is 14.9 Å². The summed E-state index contributed by atoms with van der Waals surface area (Å²) >= 11 is 1.85. The van der Waals surface area contributed by atoms with Crippen LogP contribution in [-0.2, 0) is 17.6 Å². The molecule has 1 saturated heterocycles. The van der Waals surface area contributed by atoms with Crippen LogP contribution in [0.25, 0.3) is 10.2 Å². The van der Waals surface area contributed by atoms with Crippen molar-refractivity contribution < 1.29 is 4.79 Å². The molecule has 1 amide bonds. The Bertz CT molecular complexity index is 798. The van der Waals surface area contributed by atoms with Crippen molar-refractivity contribution in [3.63, 3.8) is 0 Å². The Morgan fingerprint density at radius 3 is 2.88 bits per heavy atom. The van der Waals surface area contributed by atoms with Gasteiger partial charge in [-0.2, -0.15) is 0 Å². The van der Waals surface area contributed by atoms with Crippen LogP contribution in [0.5, 0.6) is 0 Å². The Balaban J connectivity index is 1.44. The first-order chi connectivity index (χ1) is 11.8. The van der Waals surface area contributed by atoms with E-state index in [2.05, 4.69) is 19.8 Å². The van der Waals surface area contributed by atoms with Crippen LogP contribution in [0.2, 0.25) is 0 Å². The summed E-state index contributed by atoms with van der Waals surface area (Å²) in [5.41, 5.74) is 1.49. The third-order valence-electron chi connectivity index (χ3n) is 5.52. The van der Waals surface area contributed by atoms with Crippen LogP contribution in [-0.4, -0.2) is 47.0 Å². The molecule has 1 saturated carbocycles. The smallest absolute Gasteiger partial charge is 0.225 e. The molecule has 0 aromatic carbocycles. The number of aromatic nitrogens is 2. The lowest BCUT2D eigenvalue weighted by Gasteiger charge is -2.23. The topological polar surface area (TPSA) is 49.3 Å². The predicted octanol–water partition coefficient (Wildman–Crippen LogP) is 2.63. The van der Waals surface area contributed by atoms with E-state index in [0.717, 1.165) is 62.5 Å². The lowest BCUT2D eigenvalue weighted by molar-refractivity contribution is -0.132. The SMILES string of the molecule is O=C(C1CC1)N1CCCN(c2ncnc3sc4c(c23)CCC4)CC1. The standard InChI is InChI=1S/C18H22N4OS/c23-18(12-5-6-12)22-8-2-7-21(9-10-22)16-15-13-3-1-4-14(13)24-17(15)20-11-19-16/h11-12H,1-10H2. The number of hydrogen-bond donors (Lipinski definition) is 0. The number of thiophene rings is 1. The summed E-state index contributed by atoms with van der Waals surface area (Å²) in [6, 6.07) is 0. The highest BCUT2D eigenvalue weighted by atomic mass is 32.1. The average molecular weight is 342 g/mol. The largest absolute Gasteiger partial charge is 0.354 e. The molecule has 5 nitrogen and oxygen atoms in total. The first kappa shape index (κ1) is 14.6. The van der Waals surface area contributed by atoms with Crippen molar-refractivity contribution in [2.75, 3.05) is 31.1 Å². The summed E-state index contributed by atoms with van der Waals surface area (Å²) < 4.78 is 0. The molecule has 2 aliphatic carbocycles. The van der Waals surface area contributed by atoms with E-state index >= 15 is 0 Å². The zero-order valence-corrected chi connectivity index (χ0v) is 14.6. The summed E-state index contributed by atoms with van der Waals surface area (Å²) in [6.45, 7) is 3.58. The van der Waals surface area contributed by atoms with Gasteiger partial charge >= 0.3 is 0 Å². The molecular weight excluding hydrogens is 320 g/mol. The first-order valence-electron chi connectivity index (χ1n) is 9.10. The van der Waals surface area contributed by atoms with E-state index in [1.165, 1.54) is 28.7 Å². The van der Waals surface area contributed by atoms with Gasteiger partial charge in [0.15, 0.2) is 0 Å². The Labute approximate surface area is 145 Å². The molecule has 0 radical (unpaired) electrons. The number of carbonyl (C=O) groups excluding carboxylic acids is 1. The van der Waals surface area contributed by atoms with Crippen LogP contribution in [0.4, 0.5) is 5.82 Å². The van der Waals surface area contributed by atoms with E-state index in [0.29, 0.717) is 11.8 Å². The summed E-state index contributed by atoms with van der Waals surface area (Å²) in [5, 5.41) is 1.29. The number of hydrogen-bond acceptors (Lipinski definition) is 5. The number of rotatable bonds is 2. The molecule has 0 atom stereocenters. The van der Waals surface area contributed by atoms with Crippen molar-refractivity contribution in [2.24, 2.45) is 5.92 Å². The van der Waals surface area contributed by atoms with Gasteiger partial charge in [-0.15, -0.1) is 11.3 Å². The van der Waals surface area contributed by atoms with Crippen LogP contribution < -0.4 is 4.90 Å². The quantitative estimate of drug-likeness (QED) is 0.842. The minimum atomic E-state index is 0.322. The molecule has 0 bridgehead atoms. The normalized spacial score (nSPS) is 21.2. The maximum atomic E-state index is 12.4. The second kappa shape index (κ2) is 5.69. The van der Waals surface area contributed by atoms with Crippen LogP contribution >= 0.6 is 11.3 Å². The lowest BCUT2D eigenvalue weighted by atomic mass is 10.2. The van der Waals surface area contributed by atoms with E-state index in [1.54, 1.807) is 6.33 Å². The average Bonchev–Trinajstić information content (AvgIpc) is 3.30. The molecule has 0 unspecified atom stereocenters. The third kappa shape index (κ3) is 2.39. The molecule has 3 aliphatic rings. The molecular formula is C18H22N4OS. The van der Waals surface area contributed by atoms with Gasteiger partial charge in [0.05, 0.1) is 5.39 Å². The van der Waals surface area contributed by atoms with Gasteiger partial charge in [0.1, 0.15) is 17.0 Å². The fourth-order valence-corrected chi connectivity index (χ4v) is 5.31. The van der Waals surface area contributed by atoms with Crippen LogP contribution in [0.15, 0.2) is 6.33 Å². The zero-order chi connectivity index (χ0) is 16.1. The monoisotopic (exact) mass is 342 g/mol. The molecule has 0 spiro atoms. The molecule has 2 fully saturated rings. The zero-order valence-electron chi connectivity index (χ0n) is 13.8. The molecule has 126 valence electrons. The van der Waals surface area contributed by atoms with Gasteiger partial charge in [-0.05, 0) is 44.1 Å². The predicted molar refractivity (Wildman–Crippen MR) is 95.6 cm³/mol. The lowest BCUT2D eigenvalue weighted by Crippen LogP contribution is -2.36. The van der Waals surface area contributed by atoms with Crippen molar-refractivity contribution in [3.05, 3.63) is 16.8 Å². The maximum absolute atomic E-state index is 12.4. The molecule has 6 heteroatoms. The molecule has 0 N–H and O–H groups in total. The second-order valence-electron chi connectivity index (χ2n) is 7.17. The van der Waals surface area contributed by atoms with Crippen molar-refractivity contribution >= 4 is 33.3 Å². The van der Waals surface area contributed by atoms with Crippen LogP contribution in [0.3, 0.4) is 0 Å². The summed E-state index contributed by atoms with van der Waals surface area (Å²) in [7, 11) is 0. The van der Waals surface area contributed by atoms with Gasteiger partial charge in [0.25, 0.3) is 0 Å². The van der Waals surface area contributed by atoms with E-state index in [1.807, 2.05) is 11.3 Å². The summed E-state index contributed by atoms with van der Waals surface area (Å²) in [6.07, 6.45) is 8.53. The number of aryl methyl sites for hydroxylation is 2. The minimum absolute atomic E-state index is 0.322. The highest BCUT2D eigenvalue weighted by molar-refractivity contribution is 7.19. The Morgan fingerprint density at radius 1 is 1.08 bits per heavy atom. The van der Waals surface area contributed by atoms with Gasteiger partial charge in [-0.1, -0.05) is 0 Å². The molecule has 5 rings (SSSR count). The van der Waals surface area contributed by atoms with E-state index < -0.39 is 0 Å². The van der Waals surface area contributed by atoms with Gasteiger partial charge in [-0.25, -0.2) is 9.97 Å². The van der Waals surface area contributed by atoms with Crippen LogP contribution in [0, 0.1) is 5.92 Å². The van der Waals surface area contributed by atoms with Crippen LogP contribution in [0.1, 0.15) is 36.1 Å². The van der Waals surface area contributed by atoms with E-state index in [-0.39, 0.29) is 0 Å². The Kier molecular flexibility index (Phi) is 3.47. The highest BCUT2D eigenvalue weighted by Crippen LogP contribution is 2.40. The van der Waals surface area contributed by atoms with E-state index in [4.69, 9.17) is 0 Å². The number of nitrogens with zero attached hydrogens (tertiary/aromatic N) is 4. The van der Waals surface area contributed by atoms with Gasteiger partial charge < -0.3 is 9.80 Å². The Morgan fingerprint density at radius 2 is 2.00 bits per heavy atom. The summed E-state index contributed by atoms with van der Waals surface area (Å²) in [5.74, 6) is 1.80. The Hall–Kier alpha value is -1.69. The number of carbonyl (C=O) groups is 1. The van der Waals surface area contributed by atoms with Crippen molar-refractivity contribution in [1.29, 1.82) is 0 Å². The van der Waals surface area contributed by atoms with Gasteiger partial charge in [0.2, 0.25) is 5.91 Å². The minimum Gasteiger partial charge on any atom is -0.354 e. The third-order valence-corrected chi connectivity index (χ3v) is 6.71. The molecule has 1 aliphatic heterocycles. The second-order valence-corrected chi connectivity index (χ2v) is 8.26. The first-order valence-corrected chi connectivity index (χ1v) is 9.92. The molecule has 24 heavy (non-hydrogen) atoms. The summed E-state index contributed by atoms with van der Waals surface area (Å²) in [4.78, 5) is 28.6.